The maximum Gasteiger partial charge on any atom is 0.274 e. The average molecular weight is 482 g/mol. The maximum absolute atomic E-state index is 12.7. The number of carbonyl (C=O) groups excluding carboxylic acids is 1. The van der Waals surface area contributed by atoms with Gasteiger partial charge in [-0.2, -0.15) is 5.10 Å². The number of nitrogens with one attached hydrogen (secondary N) is 1. The van der Waals surface area contributed by atoms with Gasteiger partial charge in [-0.25, -0.2) is 10.5 Å². The fourth-order valence-electron chi connectivity index (χ4n) is 4.06. The van der Waals surface area contributed by atoms with E-state index >= 15 is 0 Å². The zero-order valence-corrected chi connectivity index (χ0v) is 19.7. The van der Waals surface area contributed by atoms with E-state index in [0.717, 1.165) is 33.8 Å². The molecule has 9 nitrogen and oxygen atoms in total. The quantitative estimate of drug-likeness (QED) is 0.283. The normalized spacial score (nSPS) is 11.0. The Morgan fingerprint density at radius 3 is 2.58 bits per heavy atom. The second-order valence-electron chi connectivity index (χ2n) is 8.33. The molecule has 0 aliphatic carbocycles. The molecule has 0 spiro atoms. The van der Waals surface area contributed by atoms with Crippen molar-refractivity contribution in [2.24, 2.45) is 7.05 Å². The lowest BCUT2D eigenvalue weighted by Gasteiger charge is -2.09. The monoisotopic (exact) mass is 481 g/mol. The molecule has 0 atom stereocenters. The topological polar surface area (TPSA) is 111 Å². The van der Waals surface area contributed by atoms with E-state index in [1.165, 1.54) is 10.9 Å². The van der Waals surface area contributed by atoms with Gasteiger partial charge in [0.25, 0.3) is 11.5 Å². The number of hydrogen-bond donors (Lipinski definition) is 2. The Morgan fingerprint density at radius 2 is 1.83 bits per heavy atom. The zero-order valence-electron chi connectivity index (χ0n) is 19.7. The number of nitrogens with zero attached hydrogens (tertiary/aromatic N) is 4. The van der Waals surface area contributed by atoms with E-state index in [-0.39, 0.29) is 5.56 Å². The van der Waals surface area contributed by atoms with Gasteiger partial charge in [-0.15, -0.1) is 0 Å². The van der Waals surface area contributed by atoms with Crippen molar-refractivity contribution in [3.05, 3.63) is 101 Å². The van der Waals surface area contributed by atoms with Crippen LogP contribution >= 0.6 is 0 Å². The first-order valence-electron chi connectivity index (χ1n) is 11.2. The van der Waals surface area contributed by atoms with Crippen molar-refractivity contribution in [1.29, 1.82) is 0 Å². The molecule has 36 heavy (non-hydrogen) atoms. The Hall–Kier alpha value is -4.76. The van der Waals surface area contributed by atoms with Crippen LogP contribution in [0.1, 0.15) is 15.9 Å². The number of carbonyl (C=O) groups is 1. The molecule has 0 aliphatic heterocycles. The number of aryl methyl sites for hydroxylation is 1. The molecular weight excluding hydrogens is 458 g/mol. The molecule has 1 amide bonds. The molecule has 0 saturated carbocycles. The second kappa shape index (κ2) is 9.47. The average Bonchev–Trinajstić information content (AvgIpc) is 3.34. The highest BCUT2D eigenvalue weighted by atomic mass is 16.5. The number of benzene rings is 3. The molecule has 180 valence electrons. The van der Waals surface area contributed by atoms with E-state index in [1.54, 1.807) is 43.9 Å². The van der Waals surface area contributed by atoms with Crippen molar-refractivity contribution in [2.75, 3.05) is 7.11 Å². The first-order chi connectivity index (χ1) is 17.5. The largest absolute Gasteiger partial charge is 0.497 e. The molecule has 5 rings (SSSR count). The van der Waals surface area contributed by atoms with Gasteiger partial charge in [0.2, 0.25) is 0 Å². The molecular formula is C27H23N5O4. The summed E-state index contributed by atoms with van der Waals surface area (Å²) in [5.74, 6) is 0.148. The molecule has 0 saturated heterocycles. The summed E-state index contributed by atoms with van der Waals surface area (Å²) in [7, 11) is 3.29. The van der Waals surface area contributed by atoms with E-state index in [0.29, 0.717) is 23.0 Å². The van der Waals surface area contributed by atoms with E-state index in [2.05, 4.69) is 4.98 Å². The Kier molecular flexibility index (Phi) is 6.05. The Bertz CT molecular complexity index is 1640. The van der Waals surface area contributed by atoms with E-state index < -0.39 is 5.91 Å². The smallest absolute Gasteiger partial charge is 0.274 e. The fourth-order valence-corrected chi connectivity index (χ4v) is 4.06. The molecule has 5 aromatic rings. The van der Waals surface area contributed by atoms with Crippen LogP contribution in [0, 0.1) is 0 Å². The first kappa shape index (κ1) is 23.0. The van der Waals surface area contributed by atoms with Crippen LogP contribution in [-0.4, -0.2) is 37.6 Å². The van der Waals surface area contributed by atoms with Gasteiger partial charge in [-0.05, 0) is 48.0 Å². The van der Waals surface area contributed by atoms with Crippen molar-refractivity contribution in [1.82, 2.24) is 24.8 Å². The van der Waals surface area contributed by atoms with Gasteiger partial charge in [0.05, 0.1) is 42.3 Å². The van der Waals surface area contributed by atoms with Crippen LogP contribution in [0.4, 0.5) is 0 Å². The van der Waals surface area contributed by atoms with Crippen LogP contribution in [-0.2, 0) is 13.6 Å². The summed E-state index contributed by atoms with van der Waals surface area (Å²) >= 11 is 0. The number of ether oxygens (including phenoxy) is 1. The number of amides is 1. The minimum Gasteiger partial charge on any atom is -0.497 e. The van der Waals surface area contributed by atoms with E-state index in [4.69, 9.17) is 15.0 Å². The number of hydroxylamine groups is 1. The van der Waals surface area contributed by atoms with E-state index in [1.807, 2.05) is 53.2 Å². The van der Waals surface area contributed by atoms with E-state index in [9.17, 15) is 9.59 Å². The summed E-state index contributed by atoms with van der Waals surface area (Å²) < 4.78 is 8.69. The third-order valence-electron chi connectivity index (χ3n) is 6.01. The van der Waals surface area contributed by atoms with Crippen molar-refractivity contribution in [3.8, 4) is 28.3 Å². The summed E-state index contributed by atoms with van der Waals surface area (Å²) in [6.07, 6.45) is 1.51. The molecule has 2 aromatic heterocycles. The van der Waals surface area contributed by atoms with Crippen LogP contribution < -0.4 is 15.8 Å². The Labute approximate surface area is 206 Å². The maximum atomic E-state index is 12.7. The molecule has 9 heteroatoms. The minimum atomic E-state index is -0.576. The molecule has 0 fully saturated rings. The number of aromatic nitrogens is 4. The second-order valence-corrected chi connectivity index (χ2v) is 8.33. The highest BCUT2D eigenvalue weighted by molar-refractivity contribution is 5.93. The number of methoxy groups -OCH3 is 1. The molecule has 0 unspecified atom stereocenters. The summed E-state index contributed by atoms with van der Waals surface area (Å²) in [6.45, 7) is 0.420. The Morgan fingerprint density at radius 1 is 1.03 bits per heavy atom. The van der Waals surface area contributed by atoms with Crippen molar-refractivity contribution >= 4 is 16.8 Å². The van der Waals surface area contributed by atoms with Crippen molar-refractivity contribution < 1.29 is 14.7 Å². The number of rotatable bonds is 6. The summed E-state index contributed by atoms with van der Waals surface area (Å²) in [5.41, 5.74) is 6.67. The highest BCUT2D eigenvalue weighted by Gasteiger charge is 2.15. The van der Waals surface area contributed by atoms with Gasteiger partial charge >= 0.3 is 0 Å². The predicted molar refractivity (Wildman–Crippen MR) is 135 cm³/mol. The lowest BCUT2D eigenvalue weighted by Crippen LogP contribution is -2.18. The van der Waals surface area contributed by atoms with Gasteiger partial charge in [0.15, 0.2) is 0 Å². The fraction of sp³-hybridized carbons (Fsp3) is 0.111. The van der Waals surface area contributed by atoms with Gasteiger partial charge in [-0.3, -0.25) is 19.5 Å². The molecule has 0 aliphatic rings. The first-order valence-corrected chi connectivity index (χ1v) is 11.2. The van der Waals surface area contributed by atoms with Gasteiger partial charge in [-0.1, -0.05) is 30.3 Å². The molecule has 0 radical (unpaired) electrons. The lowest BCUT2D eigenvalue weighted by atomic mass is 10.1. The molecule has 2 heterocycles. The van der Waals surface area contributed by atoms with Gasteiger partial charge < -0.3 is 9.30 Å². The molecule has 0 bridgehead atoms. The third kappa shape index (κ3) is 4.35. The standard InChI is InChI=1S/C27H23N5O4/c1-31-16-28-23-11-10-20(13-22(23)27(31)34)25-14-24(19-4-3-5-21(12-19)36-2)29-32(25)15-17-6-8-18(9-7-17)26(33)30-35/h3-14,16,35H,15H2,1-2H3,(H,30,33). The summed E-state index contributed by atoms with van der Waals surface area (Å²) in [5, 5.41) is 14.2. The van der Waals surface area contributed by atoms with Gasteiger partial charge in [0, 0.05) is 23.7 Å². The Balaban J connectivity index is 1.62. The zero-order chi connectivity index (χ0) is 25.2. The van der Waals surface area contributed by atoms with Gasteiger partial charge in [0.1, 0.15) is 5.75 Å². The highest BCUT2D eigenvalue weighted by Crippen LogP contribution is 2.30. The predicted octanol–water partition coefficient (Wildman–Crippen LogP) is 3.64. The van der Waals surface area contributed by atoms with Crippen LogP contribution in [0.2, 0.25) is 0 Å². The van der Waals surface area contributed by atoms with Crippen LogP contribution in [0.3, 0.4) is 0 Å². The molecule has 2 N–H and O–H groups in total. The summed E-state index contributed by atoms with van der Waals surface area (Å²) in [4.78, 5) is 28.7. The minimum absolute atomic E-state index is 0.126. The molecule has 3 aromatic carbocycles. The number of fused-ring (bicyclic) bond motifs is 1. The van der Waals surface area contributed by atoms with Crippen LogP contribution in [0.25, 0.3) is 33.4 Å². The third-order valence-corrected chi connectivity index (χ3v) is 6.01. The van der Waals surface area contributed by atoms with Crippen LogP contribution in [0.15, 0.2) is 83.9 Å². The van der Waals surface area contributed by atoms with Crippen molar-refractivity contribution in [3.63, 3.8) is 0 Å². The summed E-state index contributed by atoms with van der Waals surface area (Å²) in [6, 6.07) is 22.1. The van der Waals surface area contributed by atoms with Crippen LogP contribution in [0.5, 0.6) is 5.75 Å². The number of hydrogen-bond acceptors (Lipinski definition) is 6. The van der Waals surface area contributed by atoms with Crippen molar-refractivity contribution in [2.45, 2.75) is 6.54 Å². The SMILES string of the molecule is COc1cccc(-c2cc(-c3ccc4ncn(C)c(=O)c4c3)n(Cc3ccc(C(=O)NO)cc3)n2)c1. The lowest BCUT2D eigenvalue weighted by molar-refractivity contribution is 0.0706.